The molecule has 0 aliphatic carbocycles. The Balaban J connectivity index is 1.95. The predicted molar refractivity (Wildman–Crippen MR) is 65.2 cm³/mol. The van der Waals surface area contributed by atoms with E-state index in [1.165, 1.54) is 6.07 Å². The lowest BCUT2D eigenvalue weighted by atomic mass is 10.1. The lowest BCUT2D eigenvalue weighted by molar-refractivity contribution is -0.121. The van der Waals surface area contributed by atoms with Gasteiger partial charge in [-0.05, 0) is 18.6 Å². The van der Waals surface area contributed by atoms with Gasteiger partial charge in [0.05, 0.1) is 12.5 Å². The van der Waals surface area contributed by atoms with Crippen LogP contribution in [0.1, 0.15) is 24.4 Å². The largest absolute Gasteiger partial charge is 0.347 e. The molecule has 1 amide bonds. The molecular formula is C13H14FN3O. The zero-order chi connectivity index (χ0) is 13.0. The molecule has 1 unspecified atom stereocenters. The second-order valence-electron chi connectivity index (χ2n) is 4.03. The van der Waals surface area contributed by atoms with E-state index in [2.05, 4.69) is 15.3 Å². The average Bonchev–Trinajstić information content (AvgIpc) is 2.85. The number of aromatic amines is 1. The predicted octanol–water partition coefficient (Wildman–Crippen LogP) is 1.97. The topological polar surface area (TPSA) is 57.8 Å². The first-order valence-corrected chi connectivity index (χ1v) is 5.69. The number of benzene rings is 1. The third-order valence-electron chi connectivity index (χ3n) is 2.62. The molecule has 1 aromatic heterocycles. The maximum atomic E-state index is 13.4. The van der Waals surface area contributed by atoms with Crippen molar-refractivity contribution >= 4 is 5.91 Å². The summed E-state index contributed by atoms with van der Waals surface area (Å²) in [7, 11) is 0. The highest BCUT2D eigenvalue weighted by molar-refractivity contribution is 5.78. The van der Waals surface area contributed by atoms with Crippen LogP contribution in [0.4, 0.5) is 4.39 Å². The summed E-state index contributed by atoms with van der Waals surface area (Å²) in [6, 6.07) is 6.04. The molecule has 0 saturated heterocycles. The van der Waals surface area contributed by atoms with Crippen LogP contribution in [0.2, 0.25) is 0 Å². The Morgan fingerprint density at radius 3 is 2.94 bits per heavy atom. The first kappa shape index (κ1) is 12.3. The number of imidazole rings is 1. The van der Waals surface area contributed by atoms with Gasteiger partial charge in [0.1, 0.15) is 11.6 Å². The van der Waals surface area contributed by atoms with E-state index in [4.69, 9.17) is 0 Å². The number of aromatic nitrogens is 2. The molecule has 4 nitrogen and oxygen atoms in total. The van der Waals surface area contributed by atoms with Gasteiger partial charge < -0.3 is 10.3 Å². The number of halogens is 1. The molecule has 1 aromatic carbocycles. The summed E-state index contributed by atoms with van der Waals surface area (Å²) in [6.45, 7) is 1.82. The minimum absolute atomic E-state index is 0.0255. The van der Waals surface area contributed by atoms with Crippen LogP contribution in [-0.4, -0.2) is 15.9 Å². The summed E-state index contributed by atoms with van der Waals surface area (Å²) < 4.78 is 13.4. The smallest absolute Gasteiger partial charge is 0.225 e. The van der Waals surface area contributed by atoms with Crippen molar-refractivity contribution in [1.82, 2.24) is 15.3 Å². The van der Waals surface area contributed by atoms with Crippen LogP contribution in [0.15, 0.2) is 36.7 Å². The molecule has 0 aliphatic heterocycles. The van der Waals surface area contributed by atoms with Crippen molar-refractivity contribution in [2.75, 3.05) is 0 Å². The quantitative estimate of drug-likeness (QED) is 0.867. The number of nitrogens with one attached hydrogen (secondary N) is 2. The highest BCUT2D eigenvalue weighted by Gasteiger charge is 2.13. The molecule has 18 heavy (non-hydrogen) atoms. The number of nitrogens with zero attached hydrogens (tertiary/aromatic N) is 1. The molecule has 2 N–H and O–H groups in total. The van der Waals surface area contributed by atoms with Crippen molar-refractivity contribution in [2.24, 2.45) is 0 Å². The number of carbonyl (C=O) groups is 1. The number of carbonyl (C=O) groups excluding carboxylic acids is 1. The van der Waals surface area contributed by atoms with Gasteiger partial charge in [-0.1, -0.05) is 18.2 Å². The fraction of sp³-hybridized carbons (Fsp3) is 0.231. The van der Waals surface area contributed by atoms with E-state index in [9.17, 15) is 9.18 Å². The van der Waals surface area contributed by atoms with Crippen LogP contribution in [0.5, 0.6) is 0 Å². The van der Waals surface area contributed by atoms with E-state index in [0.717, 1.165) is 0 Å². The van der Waals surface area contributed by atoms with Crippen LogP contribution in [0, 0.1) is 5.82 Å². The van der Waals surface area contributed by atoms with Gasteiger partial charge in [-0.25, -0.2) is 9.37 Å². The molecule has 2 rings (SSSR count). The van der Waals surface area contributed by atoms with Crippen LogP contribution in [0.3, 0.4) is 0 Å². The standard InChI is InChI=1S/C13H14FN3O/c1-9(13-15-6-7-16-13)17-12(18)8-10-4-2-3-5-11(10)14/h2-7,9H,8H2,1H3,(H,15,16)(H,17,18). The Hall–Kier alpha value is -2.17. The van der Waals surface area contributed by atoms with Gasteiger partial charge in [-0.3, -0.25) is 4.79 Å². The van der Waals surface area contributed by atoms with Crippen LogP contribution in [-0.2, 0) is 11.2 Å². The molecule has 0 saturated carbocycles. The lowest BCUT2D eigenvalue weighted by Gasteiger charge is -2.11. The van der Waals surface area contributed by atoms with Crippen LogP contribution in [0.25, 0.3) is 0 Å². The minimum atomic E-state index is -0.363. The maximum Gasteiger partial charge on any atom is 0.225 e. The van der Waals surface area contributed by atoms with Crippen molar-refractivity contribution in [2.45, 2.75) is 19.4 Å². The SMILES string of the molecule is CC(NC(=O)Cc1ccccc1F)c1ncc[nH]1. The van der Waals surface area contributed by atoms with Crippen molar-refractivity contribution in [1.29, 1.82) is 0 Å². The van der Waals surface area contributed by atoms with Gasteiger partial charge in [0.15, 0.2) is 0 Å². The number of hydrogen-bond acceptors (Lipinski definition) is 2. The highest BCUT2D eigenvalue weighted by Crippen LogP contribution is 2.09. The third kappa shape index (κ3) is 2.94. The molecule has 0 bridgehead atoms. The lowest BCUT2D eigenvalue weighted by Crippen LogP contribution is -2.29. The summed E-state index contributed by atoms with van der Waals surface area (Å²) in [5, 5.41) is 2.76. The molecule has 0 fully saturated rings. The molecular weight excluding hydrogens is 233 g/mol. The van der Waals surface area contributed by atoms with Crippen LogP contribution >= 0.6 is 0 Å². The second kappa shape index (κ2) is 5.44. The fourth-order valence-electron chi connectivity index (χ4n) is 1.69. The highest BCUT2D eigenvalue weighted by atomic mass is 19.1. The normalized spacial score (nSPS) is 12.1. The van der Waals surface area contributed by atoms with E-state index in [1.54, 1.807) is 30.6 Å². The summed E-state index contributed by atoms with van der Waals surface area (Å²) in [4.78, 5) is 18.7. The Bertz CT molecular complexity index is 525. The molecule has 94 valence electrons. The van der Waals surface area contributed by atoms with Gasteiger partial charge in [0.2, 0.25) is 5.91 Å². The maximum absolute atomic E-state index is 13.4. The Morgan fingerprint density at radius 2 is 2.28 bits per heavy atom. The molecule has 0 aliphatic rings. The zero-order valence-corrected chi connectivity index (χ0v) is 9.98. The van der Waals surface area contributed by atoms with Crippen molar-refractivity contribution in [3.8, 4) is 0 Å². The van der Waals surface area contributed by atoms with E-state index in [-0.39, 0.29) is 24.2 Å². The molecule has 5 heteroatoms. The number of rotatable bonds is 4. The fourth-order valence-corrected chi connectivity index (χ4v) is 1.69. The third-order valence-corrected chi connectivity index (χ3v) is 2.62. The first-order chi connectivity index (χ1) is 8.66. The van der Waals surface area contributed by atoms with Gasteiger partial charge in [-0.15, -0.1) is 0 Å². The summed E-state index contributed by atoms with van der Waals surface area (Å²) in [6.07, 6.45) is 3.33. The monoisotopic (exact) mass is 247 g/mol. The van der Waals surface area contributed by atoms with Gasteiger partial charge in [0, 0.05) is 12.4 Å². The van der Waals surface area contributed by atoms with E-state index >= 15 is 0 Å². The average molecular weight is 247 g/mol. The zero-order valence-electron chi connectivity index (χ0n) is 9.98. The molecule has 0 radical (unpaired) electrons. The molecule has 2 aromatic rings. The summed E-state index contributed by atoms with van der Waals surface area (Å²) in [5.41, 5.74) is 0.390. The minimum Gasteiger partial charge on any atom is -0.347 e. The Morgan fingerprint density at radius 1 is 1.50 bits per heavy atom. The van der Waals surface area contributed by atoms with Gasteiger partial charge in [-0.2, -0.15) is 0 Å². The van der Waals surface area contributed by atoms with Crippen molar-refractivity contribution < 1.29 is 9.18 Å². The summed E-state index contributed by atoms with van der Waals surface area (Å²) >= 11 is 0. The van der Waals surface area contributed by atoms with Crippen molar-refractivity contribution in [3.63, 3.8) is 0 Å². The number of amides is 1. The Kier molecular flexibility index (Phi) is 3.72. The molecule has 1 heterocycles. The van der Waals surface area contributed by atoms with Gasteiger partial charge in [0.25, 0.3) is 0 Å². The van der Waals surface area contributed by atoms with Crippen LogP contribution < -0.4 is 5.32 Å². The van der Waals surface area contributed by atoms with E-state index < -0.39 is 0 Å². The van der Waals surface area contributed by atoms with E-state index in [1.807, 2.05) is 6.92 Å². The summed E-state index contributed by atoms with van der Waals surface area (Å²) in [5.74, 6) is 0.0826. The molecule has 1 atom stereocenters. The second-order valence-corrected chi connectivity index (χ2v) is 4.03. The van der Waals surface area contributed by atoms with E-state index in [0.29, 0.717) is 11.4 Å². The molecule has 0 spiro atoms. The van der Waals surface area contributed by atoms with Crippen molar-refractivity contribution in [3.05, 3.63) is 53.9 Å². The number of hydrogen-bond donors (Lipinski definition) is 2. The Labute approximate surface area is 104 Å². The van der Waals surface area contributed by atoms with Gasteiger partial charge >= 0.3 is 0 Å². The first-order valence-electron chi connectivity index (χ1n) is 5.69. The number of H-pyrrole nitrogens is 1.